The Morgan fingerprint density at radius 3 is 2.72 bits per heavy atom. The maximum absolute atomic E-state index is 11.8. The predicted octanol–water partition coefficient (Wildman–Crippen LogP) is 0.598. The molecule has 0 spiro atoms. The van der Waals surface area contributed by atoms with Gasteiger partial charge in [-0.1, -0.05) is 6.92 Å². The molecule has 0 aromatic carbocycles. The van der Waals surface area contributed by atoms with Crippen LogP contribution in [-0.4, -0.2) is 42.6 Å². The summed E-state index contributed by atoms with van der Waals surface area (Å²) in [6.45, 7) is 1.65. The van der Waals surface area contributed by atoms with Gasteiger partial charge >= 0.3 is 5.97 Å². The highest BCUT2D eigenvalue weighted by Crippen LogP contribution is 2.09. The van der Waals surface area contributed by atoms with Crippen LogP contribution in [-0.2, 0) is 4.79 Å². The highest BCUT2D eigenvalue weighted by Gasteiger charge is 2.13. The van der Waals surface area contributed by atoms with Crippen LogP contribution in [0.15, 0.2) is 18.3 Å². The standard InChI is InChI=1S/C12H17N3O3/c1-8(12(17)18)7-14-11(16)9-4-5-13-10(6-9)15(2)3/h4-6,8H,7H2,1-3H3,(H,14,16)(H,17,18). The number of carbonyl (C=O) groups excluding carboxylic acids is 1. The molecule has 0 aliphatic rings. The molecule has 1 aromatic rings. The van der Waals surface area contributed by atoms with E-state index in [1.165, 1.54) is 0 Å². The zero-order chi connectivity index (χ0) is 13.7. The van der Waals surface area contributed by atoms with E-state index in [0.717, 1.165) is 0 Å². The summed E-state index contributed by atoms with van der Waals surface area (Å²) in [5.74, 6) is -1.16. The van der Waals surface area contributed by atoms with Gasteiger partial charge in [0.05, 0.1) is 5.92 Å². The number of amides is 1. The zero-order valence-corrected chi connectivity index (χ0v) is 10.7. The summed E-state index contributed by atoms with van der Waals surface area (Å²) in [6.07, 6.45) is 1.55. The average Bonchev–Trinajstić information content (AvgIpc) is 2.35. The molecule has 1 unspecified atom stereocenters. The van der Waals surface area contributed by atoms with Gasteiger partial charge in [-0.05, 0) is 12.1 Å². The van der Waals surface area contributed by atoms with Crippen molar-refractivity contribution in [3.63, 3.8) is 0 Å². The van der Waals surface area contributed by atoms with Gasteiger partial charge in [-0.25, -0.2) is 4.98 Å². The molecule has 1 atom stereocenters. The quantitative estimate of drug-likeness (QED) is 0.800. The number of rotatable bonds is 5. The van der Waals surface area contributed by atoms with Crippen molar-refractivity contribution in [2.75, 3.05) is 25.5 Å². The Bertz CT molecular complexity index is 446. The van der Waals surface area contributed by atoms with Gasteiger partial charge in [-0.15, -0.1) is 0 Å². The average molecular weight is 251 g/mol. The van der Waals surface area contributed by atoms with Crippen LogP contribution in [0.4, 0.5) is 5.82 Å². The lowest BCUT2D eigenvalue weighted by molar-refractivity contribution is -0.140. The molecule has 0 saturated carbocycles. The van der Waals surface area contributed by atoms with E-state index in [0.29, 0.717) is 11.4 Å². The first-order valence-electron chi connectivity index (χ1n) is 5.56. The molecule has 0 bridgehead atoms. The minimum atomic E-state index is -0.931. The molecule has 0 aliphatic carbocycles. The highest BCUT2D eigenvalue weighted by atomic mass is 16.4. The van der Waals surface area contributed by atoms with Gasteiger partial charge in [0.25, 0.3) is 5.91 Å². The van der Waals surface area contributed by atoms with Gasteiger partial charge in [0.2, 0.25) is 0 Å². The number of anilines is 1. The van der Waals surface area contributed by atoms with Crippen molar-refractivity contribution in [3.8, 4) is 0 Å². The van der Waals surface area contributed by atoms with Crippen LogP contribution in [0.5, 0.6) is 0 Å². The molecule has 0 saturated heterocycles. The van der Waals surface area contributed by atoms with Crippen LogP contribution in [0.1, 0.15) is 17.3 Å². The number of pyridine rings is 1. The lowest BCUT2D eigenvalue weighted by Gasteiger charge is -2.12. The first-order chi connectivity index (χ1) is 8.41. The molecule has 6 heteroatoms. The number of hydrogen-bond donors (Lipinski definition) is 2. The van der Waals surface area contributed by atoms with Gasteiger partial charge in [-0.3, -0.25) is 9.59 Å². The lowest BCUT2D eigenvalue weighted by Crippen LogP contribution is -2.31. The summed E-state index contributed by atoms with van der Waals surface area (Å²) >= 11 is 0. The molecule has 6 nitrogen and oxygen atoms in total. The first kappa shape index (κ1) is 14.0. The van der Waals surface area contributed by atoms with Crippen molar-refractivity contribution in [2.24, 2.45) is 5.92 Å². The maximum atomic E-state index is 11.8. The predicted molar refractivity (Wildman–Crippen MR) is 67.7 cm³/mol. The van der Waals surface area contributed by atoms with E-state index in [1.807, 2.05) is 14.1 Å². The van der Waals surface area contributed by atoms with E-state index in [9.17, 15) is 9.59 Å². The van der Waals surface area contributed by atoms with Gasteiger partial charge in [0, 0.05) is 32.4 Å². The third kappa shape index (κ3) is 3.73. The van der Waals surface area contributed by atoms with E-state index in [-0.39, 0.29) is 12.5 Å². The second-order valence-electron chi connectivity index (χ2n) is 4.25. The molecule has 0 fully saturated rings. The van der Waals surface area contributed by atoms with Crippen LogP contribution in [0.3, 0.4) is 0 Å². The molecule has 98 valence electrons. The fourth-order valence-corrected chi connectivity index (χ4v) is 1.24. The third-order valence-electron chi connectivity index (χ3n) is 2.46. The summed E-state index contributed by atoms with van der Waals surface area (Å²) < 4.78 is 0. The molecular formula is C12H17N3O3. The normalized spacial score (nSPS) is 11.7. The number of carboxylic acids is 1. The molecule has 1 amide bonds. The van der Waals surface area contributed by atoms with Crippen molar-refractivity contribution >= 4 is 17.7 Å². The highest BCUT2D eigenvalue weighted by molar-refractivity contribution is 5.95. The van der Waals surface area contributed by atoms with Gasteiger partial charge in [0.1, 0.15) is 5.82 Å². The van der Waals surface area contributed by atoms with E-state index < -0.39 is 11.9 Å². The van der Waals surface area contributed by atoms with E-state index in [4.69, 9.17) is 5.11 Å². The van der Waals surface area contributed by atoms with Crippen LogP contribution in [0, 0.1) is 5.92 Å². The summed E-state index contributed by atoms with van der Waals surface area (Å²) in [5, 5.41) is 11.3. The number of nitrogens with zero attached hydrogens (tertiary/aromatic N) is 2. The van der Waals surface area contributed by atoms with E-state index in [2.05, 4.69) is 10.3 Å². The Morgan fingerprint density at radius 1 is 1.50 bits per heavy atom. The zero-order valence-electron chi connectivity index (χ0n) is 10.7. The summed E-state index contributed by atoms with van der Waals surface area (Å²) in [4.78, 5) is 28.3. The SMILES string of the molecule is CC(CNC(=O)c1ccnc(N(C)C)c1)C(=O)O. The van der Waals surface area contributed by atoms with E-state index in [1.54, 1.807) is 30.2 Å². The van der Waals surface area contributed by atoms with Gasteiger partial charge in [0.15, 0.2) is 0 Å². The van der Waals surface area contributed by atoms with Gasteiger partial charge < -0.3 is 15.3 Å². The van der Waals surface area contributed by atoms with Crippen molar-refractivity contribution in [3.05, 3.63) is 23.9 Å². The third-order valence-corrected chi connectivity index (χ3v) is 2.46. The Morgan fingerprint density at radius 2 is 2.17 bits per heavy atom. The fourth-order valence-electron chi connectivity index (χ4n) is 1.24. The van der Waals surface area contributed by atoms with Crippen LogP contribution >= 0.6 is 0 Å². The molecule has 2 N–H and O–H groups in total. The van der Waals surface area contributed by atoms with Crippen molar-refractivity contribution in [1.82, 2.24) is 10.3 Å². The largest absolute Gasteiger partial charge is 0.481 e. The molecule has 0 aliphatic heterocycles. The Hall–Kier alpha value is -2.11. The molecule has 1 rings (SSSR count). The lowest BCUT2D eigenvalue weighted by atomic mass is 10.2. The van der Waals surface area contributed by atoms with Gasteiger partial charge in [-0.2, -0.15) is 0 Å². The number of aromatic nitrogens is 1. The monoisotopic (exact) mass is 251 g/mol. The molecule has 1 aromatic heterocycles. The van der Waals surface area contributed by atoms with Crippen molar-refractivity contribution in [2.45, 2.75) is 6.92 Å². The number of carboxylic acid groups (broad SMARTS) is 1. The number of hydrogen-bond acceptors (Lipinski definition) is 4. The Balaban J connectivity index is 2.67. The van der Waals surface area contributed by atoms with E-state index >= 15 is 0 Å². The van der Waals surface area contributed by atoms with Crippen LogP contribution < -0.4 is 10.2 Å². The number of nitrogens with one attached hydrogen (secondary N) is 1. The minimum absolute atomic E-state index is 0.105. The smallest absolute Gasteiger partial charge is 0.308 e. The summed E-state index contributed by atoms with van der Waals surface area (Å²) in [7, 11) is 3.66. The molecule has 0 radical (unpaired) electrons. The second kappa shape index (κ2) is 6.00. The molecule has 18 heavy (non-hydrogen) atoms. The number of carbonyl (C=O) groups is 2. The van der Waals surface area contributed by atoms with Crippen LogP contribution in [0.2, 0.25) is 0 Å². The Kier molecular flexibility index (Phi) is 4.65. The van der Waals surface area contributed by atoms with Crippen LogP contribution in [0.25, 0.3) is 0 Å². The molecular weight excluding hydrogens is 234 g/mol. The van der Waals surface area contributed by atoms with Crippen molar-refractivity contribution in [1.29, 1.82) is 0 Å². The first-order valence-corrected chi connectivity index (χ1v) is 5.56. The Labute approximate surface area is 106 Å². The number of aliphatic carboxylic acids is 1. The van der Waals surface area contributed by atoms with Crippen molar-refractivity contribution < 1.29 is 14.7 Å². The second-order valence-corrected chi connectivity index (χ2v) is 4.25. The fraction of sp³-hybridized carbons (Fsp3) is 0.417. The summed E-state index contributed by atoms with van der Waals surface area (Å²) in [6, 6.07) is 3.24. The maximum Gasteiger partial charge on any atom is 0.308 e. The minimum Gasteiger partial charge on any atom is -0.481 e. The summed E-state index contributed by atoms with van der Waals surface area (Å²) in [5.41, 5.74) is 0.464. The topological polar surface area (TPSA) is 82.5 Å². The molecule has 1 heterocycles.